The zero-order chi connectivity index (χ0) is 16.2. The first-order valence-corrected chi connectivity index (χ1v) is 8.36. The quantitative estimate of drug-likeness (QED) is 0.655. The highest BCUT2D eigenvalue weighted by atomic mass is 14.8. The average molecular weight is 302 g/mol. The number of benzene rings is 2. The third-order valence-corrected chi connectivity index (χ3v) is 4.97. The van der Waals surface area contributed by atoms with Crippen molar-refractivity contribution in [3.05, 3.63) is 59.4 Å². The minimum absolute atomic E-state index is 0.0282. The fourth-order valence-electron chi connectivity index (χ4n) is 3.92. The maximum Gasteiger partial charge on any atom is 0.116 e. The minimum atomic E-state index is -0.0282. The van der Waals surface area contributed by atoms with Crippen molar-refractivity contribution in [2.45, 2.75) is 39.5 Å². The summed E-state index contributed by atoms with van der Waals surface area (Å²) in [6.07, 6.45) is 2.79. The molecule has 2 aromatic carbocycles. The first-order valence-electron chi connectivity index (χ1n) is 8.36. The van der Waals surface area contributed by atoms with Gasteiger partial charge in [0.2, 0.25) is 0 Å². The smallest absolute Gasteiger partial charge is 0.116 e. The van der Waals surface area contributed by atoms with Crippen LogP contribution in [0.15, 0.2) is 42.7 Å². The summed E-state index contributed by atoms with van der Waals surface area (Å²) in [7, 11) is 0. The van der Waals surface area contributed by atoms with E-state index in [1.54, 1.807) is 6.33 Å². The van der Waals surface area contributed by atoms with Crippen molar-refractivity contribution in [2.24, 2.45) is 5.92 Å². The van der Waals surface area contributed by atoms with Crippen molar-refractivity contribution < 1.29 is 0 Å². The largest absolute Gasteiger partial charge is 0.236 e. The molecular weight excluding hydrogens is 280 g/mol. The van der Waals surface area contributed by atoms with Crippen molar-refractivity contribution in [3.63, 3.8) is 0 Å². The maximum atomic E-state index is 4.62. The molecule has 3 aromatic rings. The lowest BCUT2D eigenvalue weighted by Crippen LogP contribution is -2.24. The molecule has 0 bridgehead atoms. The van der Waals surface area contributed by atoms with Gasteiger partial charge in [0.1, 0.15) is 6.33 Å². The van der Waals surface area contributed by atoms with Crippen molar-refractivity contribution in [1.29, 1.82) is 0 Å². The molecule has 0 aliphatic heterocycles. The Hall–Kier alpha value is -2.22. The molecule has 1 aliphatic rings. The number of rotatable bonds is 2. The highest BCUT2D eigenvalue weighted by Crippen LogP contribution is 2.47. The summed E-state index contributed by atoms with van der Waals surface area (Å²) in [5, 5.41) is 1.23. The van der Waals surface area contributed by atoms with E-state index in [-0.39, 0.29) is 5.41 Å². The van der Waals surface area contributed by atoms with Gasteiger partial charge >= 0.3 is 0 Å². The number of hydrogen-bond acceptors (Lipinski definition) is 2. The Balaban J connectivity index is 2.11. The van der Waals surface area contributed by atoms with Crippen LogP contribution in [0.1, 0.15) is 44.4 Å². The monoisotopic (exact) mass is 302 g/mol. The molecule has 23 heavy (non-hydrogen) atoms. The van der Waals surface area contributed by atoms with Crippen LogP contribution in [0.4, 0.5) is 0 Å². The van der Waals surface area contributed by atoms with Gasteiger partial charge in [0.05, 0.1) is 11.2 Å². The van der Waals surface area contributed by atoms with Gasteiger partial charge in [0.15, 0.2) is 0 Å². The maximum absolute atomic E-state index is 4.62. The lowest BCUT2D eigenvalue weighted by molar-refractivity contribution is 0.629. The number of aromatic nitrogens is 2. The zero-order valence-electron chi connectivity index (χ0n) is 14.2. The molecule has 0 saturated carbocycles. The van der Waals surface area contributed by atoms with Crippen LogP contribution in [0.5, 0.6) is 0 Å². The molecule has 0 spiro atoms. The molecule has 2 nitrogen and oxygen atoms in total. The Morgan fingerprint density at radius 1 is 1.00 bits per heavy atom. The van der Waals surface area contributed by atoms with Crippen LogP contribution >= 0.6 is 0 Å². The minimum Gasteiger partial charge on any atom is -0.236 e. The summed E-state index contributed by atoms with van der Waals surface area (Å²) in [6.45, 7) is 9.16. The highest BCUT2D eigenvalue weighted by molar-refractivity contribution is 5.99. The molecule has 1 aliphatic carbocycles. The Bertz CT molecular complexity index is 907. The molecule has 2 heteroatoms. The predicted octanol–water partition coefficient (Wildman–Crippen LogP) is 5.13. The summed E-state index contributed by atoms with van der Waals surface area (Å²) < 4.78 is 0. The average Bonchev–Trinajstić information content (AvgIpc) is 2.52. The van der Waals surface area contributed by atoms with Gasteiger partial charge in [-0.05, 0) is 35.1 Å². The first kappa shape index (κ1) is 14.4. The van der Waals surface area contributed by atoms with E-state index < -0.39 is 0 Å². The molecule has 0 saturated heterocycles. The fourth-order valence-corrected chi connectivity index (χ4v) is 3.92. The van der Waals surface area contributed by atoms with Crippen molar-refractivity contribution in [2.75, 3.05) is 0 Å². The van der Waals surface area contributed by atoms with E-state index in [0.29, 0.717) is 5.92 Å². The van der Waals surface area contributed by atoms with E-state index in [2.05, 4.69) is 74.1 Å². The van der Waals surface area contributed by atoms with Gasteiger partial charge in [-0.15, -0.1) is 0 Å². The van der Waals surface area contributed by atoms with Gasteiger partial charge in [-0.2, -0.15) is 0 Å². The first-order chi connectivity index (χ1) is 11.0. The highest BCUT2D eigenvalue weighted by Gasteiger charge is 2.34. The molecule has 1 heterocycles. The van der Waals surface area contributed by atoms with Gasteiger partial charge in [-0.1, -0.05) is 58.0 Å². The second-order valence-corrected chi connectivity index (χ2v) is 7.53. The third kappa shape index (κ3) is 2.08. The van der Waals surface area contributed by atoms with E-state index >= 15 is 0 Å². The van der Waals surface area contributed by atoms with Gasteiger partial charge < -0.3 is 0 Å². The van der Waals surface area contributed by atoms with Crippen molar-refractivity contribution in [3.8, 4) is 11.3 Å². The van der Waals surface area contributed by atoms with Crippen LogP contribution < -0.4 is 0 Å². The predicted molar refractivity (Wildman–Crippen MR) is 95.6 cm³/mol. The summed E-state index contributed by atoms with van der Waals surface area (Å²) in [5.74, 6) is 0.639. The number of nitrogens with zero attached hydrogens (tertiary/aromatic N) is 2. The summed E-state index contributed by atoms with van der Waals surface area (Å²) in [6, 6.07) is 13.3. The molecule has 116 valence electrons. The van der Waals surface area contributed by atoms with Gasteiger partial charge in [-0.25, -0.2) is 9.97 Å². The molecule has 0 amide bonds. The summed E-state index contributed by atoms with van der Waals surface area (Å²) in [4.78, 5) is 9.20. The van der Waals surface area contributed by atoms with Gasteiger partial charge in [0.25, 0.3) is 0 Å². The zero-order valence-corrected chi connectivity index (χ0v) is 14.2. The van der Waals surface area contributed by atoms with E-state index in [4.69, 9.17) is 0 Å². The Morgan fingerprint density at radius 2 is 1.78 bits per heavy atom. The van der Waals surface area contributed by atoms with Crippen LogP contribution in [-0.2, 0) is 11.8 Å². The van der Waals surface area contributed by atoms with Crippen LogP contribution in [0.3, 0.4) is 0 Å². The van der Waals surface area contributed by atoms with E-state index in [1.807, 2.05) is 0 Å². The molecule has 0 atom stereocenters. The normalized spacial score (nSPS) is 15.0. The van der Waals surface area contributed by atoms with Crippen molar-refractivity contribution in [1.82, 2.24) is 9.97 Å². The molecule has 4 rings (SSSR count). The fraction of sp³-hybridized carbons (Fsp3) is 0.333. The number of fused-ring (bicyclic) bond motifs is 2. The molecule has 0 fully saturated rings. The second kappa shape index (κ2) is 4.89. The molecule has 0 radical (unpaired) electrons. The van der Waals surface area contributed by atoms with Gasteiger partial charge in [-0.3, -0.25) is 0 Å². The molecule has 0 N–H and O–H groups in total. The van der Waals surface area contributed by atoms with Gasteiger partial charge in [0, 0.05) is 16.4 Å². The standard InChI is InChI=1S/C21H22N2/c1-13(2)9-14-10-17-19-18(11-14)22-12-23-20(19)15-7-5-6-8-16(15)21(17,3)4/h5-8,10-13H,9H2,1-4H3. The van der Waals surface area contributed by atoms with Crippen LogP contribution in [0, 0.1) is 5.92 Å². The summed E-state index contributed by atoms with van der Waals surface area (Å²) in [5.41, 5.74) is 7.46. The lowest BCUT2D eigenvalue weighted by Gasteiger charge is -2.34. The van der Waals surface area contributed by atoms with E-state index in [0.717, 1.165) is 17.6 Å². The topological polar surface area (TPSA) is 25.8 Å². The summed E-state index contributed by atoms with van der Waals surface area (Å²) >= 11 is 0. The van der Waals surface area contributed by atoms with E-state index in [9.17, 15) is 0 Å². The Kier molecular flexibility index (Phi) is 3.06. The molecule has 0 unspecified atom stereocenters. The Labute approximate surface area is 137 Å². The molecular formula is C21H22N2. The number of hydrogen-bond donors (Lipinski definition) is 0. The van der Waals surface area contributed by atoms with Crippen LogP contribution in [-0.4, -0.2) is 9.97 Å². The molecule has 1 aromatic heterocycles. The SMILES string of the molecule is CC(C)Cc1cc2c3c(ncnc3c1)-c1ccccc1C2(C)C. The van der Waals surface area contributed by atoms with E-state index in [1.165, 1.54) is 27.6 Å². The third-order valence-electron chi connectivity index (χ3n) is 4.97. The van der Waals surface area contributed by atoms with Crippen molar-refractivity contribution >= 4 is 10.9 Å². The van der Waals surface area contributed by atoms with Crippen LogP contribution in [0.25, 0.3) is 22.2 Å². The Morgan fingerprint density at radius 3 is 2.57 bits per heavy atom. The lowest BCUT2D eigenvalue weighted by atomic mass is 9.69. The van der Waals surface area contributed by atoms with Crippen LogP contribution in [0.2, 0.25) is 0 Å². The second-order valence-electron chi connectivity index (χ2n) is 7.53.